The predicted octanol–water partition coefficient (Wildman–Crippen LogP) is 1.84. The van der Waals surface area contributed by atoms with Crippen molar-refractivity contribution in [3.05, 3.63) is 33.2 Å². The van der Waals surface area contributed by atoms with E-state index in [1.807, 2.05) is 0 Å². The molecular formula is C12H15NO3S. The van der Waals surface area contributed by atoms with Gasteiger partial charge in [0.1, 0.15) is 0 Å². The molecule has 1 saturated heterocycles. The number of thioether (sulfide) groups is 1. The molecule has 0 amide bonds. The normalized spacial score (nSPS) is 19.5. The zero-order chi connectivity index (χ0) is 12.6. The first-order valence-corrected chi connectivity index (χ1v) is 6.71. The zero-order valence-corrected chi connectivity index (χ0v) is 10.7. The van der Waals surface area contributed by atoms with Crippen molar-refractivity contribution in [2.75, 3.05) is 11.5 Å². The van der Waals surface area contributed by atoms with Gasteiger partial charge in [-0.2, -0.15) is 11.8 Å². The van der Waals surface area contributed by atoms with E-state index in [0.717, 1.165) is 17.9 Å². The lowest BCUT2D eigenvalue weighted by atomic mass is 10.1. The molecule has 1 N–H and O–H groups in total. The standard InChI is InChI=1S/C12H15NO3S/c1-7-5-10(14)13(9-3-4-17-6-9)8(2)11(7)12(15)16/h5,9H,3-4,6H2,1-2H3,(H,15,16). The van der Waals surface area contributed by atoms with E-state index in [1.54, 1.807) is 30.2 Å². The molecule has 1 aliphatic rings. The maximum atomic E-state index is 12.0. The Kier molecular flexibility index (Phi) is 3.28. The van der Waals surface area contributed by atoms with Crippen molar-refractivity contribution in [3.8, 4) is 0 Å². The fourth-order valence-electron chi connectivity index (χ4n) is 2.40. The number of hydrogen-bond donors (Lipinski definition) is 1. The first-order chi connectivity index (χ1) is 8.02. The molecule has 1 aromatic rings. The molecule has 17 heavy (non-hydrogen) atoms. The molecule has 1 aromatic heterocycles. The summed E-state index contributed by atoms with van der Waals surface area (Å²) in [5.74, 6) is 0.967. The molecule has 2 heterocycles. The van der Waals surface area contributed by atoms with Crippen molar-refractivity contribution < 1.29 is 9.90 Å². The number of aryl methyl sites for hydroxylation is 1. The number of nitrogens with zero attached hydrogens (tertiary/aromatic N) is 1. The van der Waals surface area contributed by atoms with Crippen molar-refractivity contribution in [2.24, 2.45) is 0 Å². The van der Waals surface area contributed by atoms with Crippen LogP contribution in [0.15, 0.2) is 10.9 Å². The van der Waals surface area contributed by atoms with Gasteiger partial charge < -0.3 is 9.67 Å². The quantitative estimate of drug-likeness (QED) is 0.873. The number of pyridine rings is 1. The van der Waals surface area contributed by atoms with Crippen LogP contribution in [0.1, 0.15) is 34.1 Å². The number of rotatable bonds is 2. The largest absolute Gasteiger partial charge is 0.478 e. The SMILES string of the molecule is Cc1cc(=O)n(C2CCSC2)c(C)c1C(=O)O. The molecule has 0 radical (unpaired) electrons. The van der Waals surface area contributed by atoms with Gasteiger partial charge in [-0.05, 0) is 31.6 Å². The summed E-state index contributed by atoms with van der Waals surface area (Å²) in [5, 5.41) is 9.18. The van der Waals surface area contributed by atoms with Gasteiger partial charge in [0.2, 0.25) is 0 Å². The highest BCUT2D eigenvalue weighted by Gasteiger charge is 2.23. The molecule has 0 spiro atoms. The second kappa shape index (κ2) is 4.56. The van der Waals surface area contributed by atoms with Gasteiger partial charge >= 0.3 is 5.97 Å². The summed E-state index contributed by atoms with van der Waals surface area (Å²) in [5.41, 5.74) is 1.30. The lowest BCUT2D eigenvalue weighted by molar-refractivity contribution is 0.0694. The van der Waals surface area contributed by atoms with E-state index in [4.69, 9.17) is 0 Å². The topological polar surface area (TPSA) is 59.3 Å². The molecule has 1 unspecified atom stereocenters. The minimum absolute atomic E-state index is 0.0856. The molecule has 1 atom stereocenters. The average molecular weight is 253 g/mol. The Bertz CT molecular complexity index is 515. The molecule has 0 saturated carbocycles. The Hall–Kier alpha value is -1.23. The van der Waals surface area contributed by atoms with E-state index in [1.165, 1.54) is 6.07 Å². The van der Waals surface area contributed by atoms with Crippen LogP contribution < -0.4 is 5.56 Å². The van der Waals surface area contributed by atoms with Crippen LogP contribution in [0.3, 0.4) is 0 Å². The smallest absolute Gasteiger partial charge is 0.337 e. The first kappa shape index (κ1) is 12.2. The van der Waals surface area contributed by atoms with Gasteiger partial charge in [0, 0.05) is 23.6 Å². The monoisotopic (exact) mass is 253 g/mol. The van der Waals surface area contributed by atoms with Crippen LogP contribution in [0, 0.1) is 13.8 Å². The summed E-state index contributed by atoms with van der Waals surface area (Å²) in [6, 6.07) is 1.57. The molecule has 2 rings (SSSR count). The van der Waals surface area contributed by atoms with E-state index in [0.29, 0.717) is 11.3 Å². The Morgan fingerprint density at radius 3 is 2.76 bits per heavy atom. The highest BCUT2D eigenvalue weighted by Crippen LogP contribution is 2.28. The van der Waals surface area contributed by atoms with E-state index >= 15 is 0 Å². The van der Waals surface area contributed by atoms with Gasteiger partial charge in [0.15, 0.2) is 0 Å². The minimum atomic E-state index is -0.959. The molecule has 1 fully saturated rings. The maximum Gasteiger partial charge on any atom is 0.337 e. The molecule has 1 aliphatic heterocycles. The van der Waals surface area contributed by atoms with E-state index in [9.17, 15) is 14.7 Å². The van der Waals surface area contributed by atoms with Crippen LogP contribution in [-0.4, -0.2) is 27.1 Å². The minimum Gasteiger partial charge on any atom is -0.478 e. The summed E-state index contributed by atoms with van der Waals surface area (Å²) in [7, 11) is 0. The van der Waals surface area contributed by atoms with Crippen LogP contribution in [0.2, 0.25) is 0 Å². The van der Waals surface area contributed by atoms with Gasteiger partial charge in [0.05, 0.1) is 5.56 Å². The maximum absolute atomic E-state index is 12.0. The lowest BCUT2D eigenvalue weighted by Gasteiger charge is -2.18. The number of aromatic nitrogens is 1. The zero-order valence-electron chi connectivity index (χ0n) is 9.90. The predicted molar refractivity (Wildman–Crippen MR) is 68.1 cm³/mol. The van der Waals surface area contributed by atoms with Gasteiger partial charge in [-0.25, -0.2) is 4.79 Å². The van der Waals surface area contributed by atoms with Crippen LogP contribution in [0.25, 0.3) is 0 Å². The third-order valence-corrected chi connectivity index (χ3v) is 4.32. The van der Waals surface area contributed by atoms with Crippen molar-refractivity contribution >= 4 is 17.7 Å². The van der Waals surface area contributed by atoms with Crippen molar-refractivity contribution in [1.29, 1.82) is 0 Å². The van der Waals surface area contributed by atoms with Gasteiger partial charge in [0.25, 0.3) is 5.56 Å². The summed E-state index contributed by atoms with van der Waals surface area (Å²) >= 11 is 1.81. The molecule has 4 nitrogen and oxygen atoms in total. The summed E-state index contributed by atoms with van der Waals surface area (Å²) < 4.78 is 1.65. The Morgan fingerprint density at radius 2 is 2.24 bits per heavy atom. The summed E-state index contributed by atoms with van der Waals surface area (Å²) in [4.78, 5) is 23.2. The fourth-order valence-corrected chi connectivity index (χ4v) is 3.59. The molecule has 0 aliphatic carbocycles. The van der Waals surface area contributed by atoms with Crippen LogP contribution in [0.5, 0.6) is 0 Å². The van der Waals surface area contributed by atoms with Gasteiger partial charge in [-0.3, -0.25) is 4.79 Å². The Balaban J connectivity index is 2.62. The van der Waals surface area contributed by atoms with Crippen LogP contribution in [0.4, 0.5) is 0 Å². The number of carboxylic acids is 1. The second-order valence-electron chi connectivity index (χ2n) is 4.32. The first-order valence-electron chi connectivity index (χ1n) is 5.56. The average Bonchev–Trinajstić information content (AvgIpc) is 2.69. The van der Waals surface area contributed by atoms with Crippen molar-refractivity contribution in [3.63, 3.8) is 0 Å². The number of carbonyl (C=O) groups is 1. The fraction of sp³-hybridized carbons (Fsp3) is 0.500. The highest BCUT2D eigenvalue weighted by atomic mass is 32.2. The number of aromatic carboxylic acids is 1. The van der Waals surface area contributed by atoms with Crippen LogP contribution in [-0.2, 0) is 0 Å². The van der Waals surface area contributed by atoms with Gasteiger partial charge in [-0.1, -0.05) is 0 Å². The lowest BCUT2D eigenvalue weighted by Crippen LogP contribution is -2.29. The van der Waals surface area contributed by atoms with E-state index < -0.39 is 5.97 Å². The molecule has 0 aromatic carbocycles. The molecule has 92 valence electrons. The van der Waals surface area contributed by atoms with Crippen LogP contribution >= 0.6 is 11.8 Å². The molecular weight excluding hydrogens is 238 g/mol. The summed E-state index contributed by atoms with van der Waals surface area (Å²) in [6.07, 6.45) is 0.938. The third-order valence-electron chi connectivity index (χ3n) is 3.18. The second-order valence-corrected chi connectivity index (χ2v) is 5.47. The van der Waals surface area contributed by atoms with E-state index in [2.05, 4.69) is 0 Å². The van der Waals surface area contributed by atoms with Crippen molar-refractivity contribution in [2.45, 2.75) is 26.3 Å². The Labute approximate surface area is 104 Å². The number of hydrogen-bond acceptors (Lipinski definition) is 3. The molecule has 5 heteroatoms. The van der Waals surface area contributed by atoms with E-state index in [-0.39, 0.29) is 17.2 Å². The van der Waals surface area contributed by atoms with Gasteiger partial charge in [-0.15, -0.1) is 0 Å². The Morgan fingerprint density at radius 1 is 1.53 bits per heavy atom. The highest BCUT2D eigenvalue weighted by molar-refractivity contribution is 7.99. The summed E-state index contributed by atoms with van der Waals surface area (Å²) in [6.45, 7) is 3.40. The third kappa shape index (κ3) is 2.11. The molecule has 0 bridgehead atoms. The van der Waals surface area contributed by atoms with Crippen molar-refractivity contribution in [1.82, 2.24) is 4.57 Å². The number of carboxylic acid groups (broad SMARTS) is 1.